The highest BCUT2D eigenvalue weighted by atomic mass is 16.5. The molecule has 0 saturated carbocycles. The number of nitrogens with one attached hydrogen (secondary N) is 1. The van der Waals surface area contributed by atoms with E-state index in [1.165, 1.54) is 37.7 Å². The number of rotatable bonds is 7. The van der Waals surface area contributed by atoms with Gasteiger partial charge in [-0.2, -0.15) is 14.9 Å². The molecular formula is C18H18N6O4. The summed E-state index contributed by atoms with van der Waals surface area (Å²) in [6.45, 7) is 0. The van der Waals surface area contributed by atoms with Crippen LogP contribution in [0.4, 0.5) is 5.95 Å². The van der Waals surface area contributed by atoms with E-state index in [2.05, 4.69) is 25.8 Å². The minimum atomic E-state index is -0.0251. The molecule has 0 amide bonds. The molecule has 0 aliphatic rings. The van der Waals surface area contributed by atoms with Crippen LogP contribution in [0.15, 0.2) is 52.9 Å². The summed E-state index contributed by atoms with van der Waals surface area (Å²) in [5.41, 5.74) is 3.61. The van der Waals surface area contributed by atoms with E-state index in [-0.39, 0.29) is 17.4 Å². The number of ether oxygens (including phenoxy) is 2. The van der Waals surface area contributed by atoms with Crippen LogP contribution in [0, 0.1) is 0 Å². The normalized spacial score (nSPS) is 11.2. The fourth-order valence-corrected chi connectivity index (χ4v) is 2.29. The molecule has 3 aromatic rings. The molecule has 10 nitrogen and oxygen atoms in total. The van der Waals surface area contributed by atoms with Crippen LogP contribution >= 0.6 is 0 Å². The third kappa shape index (κ3) is 4.01. The van der Waals surface area contributed by atoms with Crippen LogP contribution in [0.3, 0.4) is 0 Å². The van der Waals surface area contributed by atoms with Crippen molar-refractivity contribution in [2.75, 3.05) is 19.6 Å². The van der Waals surface area contributed by atoms with Gasteiger partial charge in [0, 0.05) is 11.1 Å². The molecule has 0 aliphatic carbocycles. The topological polar surface area (TPSA) is 126 Å². The average Bonchev–Trinajstić information content (AvgIpc) is 3.16. The van der Waals surface area contributed by atoms with Crippen molar-refractivity contribution in [1.29, 1.82) is 0 Å². The zero-order chi connectivity index (χ0) is 19.9. The van der Waals surface area contributed by atoms with Gasteiger partial charge in [0.1, 0.15) is 6.33 Å². The van der Waals surface area contributed by atoms with Gasteiger partial charge >= 0.3 is 0 Å². The molecule has 2 aromatic carbocycles. The van der Waals surface area contributed by atoms with Gasteiger partial charge in [-0.05, 0) is 24.3 Å². The summed E-state index contributed by atoms with van der Waals surface area (Å²) in [6.07, 6.45) is 4.22. The van der Waals surface area contributed by atoms with Crippen molar-refractivity contribution in [3.05, 3.63) is 53.9 Å². The number of nitrogens with zero attached hydrogens (tertiary/aromatic N) is 5. The minimum Gasteiger partial charge on any atom is -0.504 e. The Hall–Kier alpha value is -4.08. The van der Waals surface area contributed by atoms with Crippen LogP contribution in [-0.4, -0.2) is 51.7 Å². The highest BCUT2D eigenvalue weighted by Crippen LogP contribution is 2.29. The molecule has 0 spiro atoms. The molecule has 0 fully saturated rings. The molecule has 0 unspecified atom stereocenters. The maximum Gasteiger partial charge on any atom is 0.265 e. The predicted molar refractivity (Wildman–Crippen MR) is 104 cm³/mol. The van der Waals surface area contributed by atoms with Crippen molar-refractivity contribution in [3.8, 4) is 23.0 Å². The Balaban J connectivity index is 1.74. The first-order valence-corrected chi connectivity index (χ1v) is 8.09. The summed E-state index contributed by atoms with van der Waals surface area (Å²) < 4.78 is 11.4. The predicted octanol–water partition coefficient (Wildman–Crippen LogP) is 2.03. The molecule has 1 heterocycles. The number of hydrogen-bond donors (Lipinski definition) is 3. The van der Waals surface area contributed by atoms with Gasteiger partial charge in [0.05, 0.1) is 26.6 Å². The standard InChI is InChI=1S/C18H18N6O4/c1-27-14-7-3-5-12(16(14)25)9-19-22-18-23-20-11-24(18)21-10-13-6-4-8-15(28-2)17(13)26/h3-11,25-26H,1-2H3,(H,22,23)/b19-9-,21-10-. The number of anilines is 1. The number of aromatic nitrogens is 3. The smallest absolute Gasteiger partial charge is 0.265 e. The third-order valence-corrected chi connectivity index (χ3v) is 3.72. The lowest BCUT2D eigenvalue weighted by Gasteiger charge is -2.05. The lowest BCUT2D eigenvalue weighted by molar-refractivity contribution is 0.373. The molecule has 0 radical (unpaired) electrons. The number of benzene rings is 2. The quantitative estimate of drug-likeness (QED) is 0.421. The zero-order valence-corrected chi connectivity index (χ0v) is 15.1. The van der Waals surface area contributed by atoms with E-state index >= 15 is 0 Å². The maximum atomic E-state index is 10.1. The molecule has 0 saturated heterocycles. The number of aromatic hydroxyl groups is 2. The molecule has 3 rings (SSSR count). The minimum absolute atomic E-state index is 0.0245. The van der Waals surface area contributed by atoms with Crippen LogP contribution in [-0.2, 0) is 0 Å². The van der Waals surface area contributed by atoms with Crippen molar-refractivity contribution in [3.63, 3.8) is 0 Å². The number of phenols is 2. The summed E-state index contributed by atoms with van der Waals surface area (Å²) in [5.74, 6) is 0.868. The fourth-order valence-electron chi connectivity index (χ4n) is 2.29. The second-order valence-corrected chi connectivity index (χ2v) is 5.41. The van der Waals surface area contributed by atoms with E-state index < -0.39 is 0 Å². The Labute approximate surface area is 160 Å². The Morgan fingerprint density at radius 3 is 2.18 bits per heavy atom. The Morgan fingerprint density at radius 1 is 0.964 bits per heavy atom. The number of para-hydroxylation sites is 2. The molecule has 3 N–H and O–H groups in total. The molecule has 10 heteroatoms. The second-order valence-electron chi connectivity index (χ2n) is 5.41. The van der Waals surface area contributed by atoms with Gasteiger partial charge in [0.15, 0.2) is 23.0 Å². The van der Waals surface area contributed by atoms with Gasteiger partial charge in [-0.15, -0.1) is 10.2 Å². The number of methoxy groups -OCH3 is 2. The zero-order valence-electron chi connectivity index (χ0n) is 15.1. The molecule has 28 heavy (non-hydrogen) atoms. The Morgan fingerprint density at radius 2 is 1.57 bits per heavy atom. The molecule has 144 valence electrons. The highest BCUT2D eigenvalue weighted by molar-refractivity contribution is 5.85. The maximum absolute atomic E-state index is 10.1. The molecule has 0 bridgehead atoms. The first kappa shape index (κ1) is 18.7. The van der Waals surface area contributed by atoms with E-state index in [0.29, 0.717) is 22.6 Å². The highest BCUT2D eigenvalue weighted by Gasteiger charge is 2.07. The second kappa shape index (κ2) is 8.54. The lowest BCUT2D eigenvalue weighted by atomic mass is 10.2. The van der Waals surface area contributed by atoms with E-state index in [1.54, 1.807) is 36.4 Å². The van der Waals surface area contributed by atoms with Crippen LogP contribution in [0.1, 0.15) is 11.1 Å². The van der Waals surface area contributed by atoms with E-state index in [9.17, 15) is 10.2 Å². The van der Waals surface area contributed by atoms with Gasteiger partial charge in [0.25, 0.3) is 5.95 Å². The Bertz CT molecular complexity index is 1020. The van der Waals surface area contributed by atoms with Crippen molar-refractivity contribution in [1.82, 2.24) is 14.9 Å². The summed E-state index contributed by atoms with van der Waals surface area (Å²) in [4.78, 5) is 0. The molecule has 1 aromatic heterocycles. The van der Waals surface area contributed by atoms with Crippen molar-refractivity contribution in [2.24, 2.45) is 10.2 Å². The third-order valence-electron chi connectivity index (χ3n) is 3.72. The summed E-state index contributed by atoms with van der Waals surface area (Å²) >= 11 is 0. The monoisotopic (exact) mass is 382 g/mol. The lowest BCUT2D eigenvalue weighted by Crippen LogP contribution is -1.99. The first-order valence-electron chi connectivity index (χ1n) is 8.09. The van der Waals surface area contributed by atoms with Crippen LogP contribution < -0.4 is 14.9 Å². The van der Waals surface area contributed by atoms with Crippen molar-refractivity contribution < 1.29 is 19.7 Å². The van der Waals surface area contributed by atoms with Crippen LogP contribution in [0.5, 0.6) is 23.0 Å². The molecule has 0 atom stereocenters. The van der Waals surface area contributed by atoms with E-state index in [1.807, 2.05) is 0 Å². The van der Waals surface area contributed by atoms with Crippen LogP contribution in [0.2, 0.25) is 0 Å². The summed E-state index contributed by atoms with van der Waals surface area (Å²) in [7, 11) is 2.94. The van der Waals surface area contributed by atoms with Gasteiger partial charge in [-0.25, -0.2) is 5.43 Å². The largest absolute Gasteiger partial charge is 0.504 e. The van der Waals surface area contributed by atoms with Gasteiger partial charge in [0.2, 0.25) is 0 Å². The van der Waals surface area contributed by atoms with Crippen molar-refractivity contribution in [2.45, 2.75) is 0 Å². The fraction of sp³-hybridized carbons (Fsp3) is 0.111. The SMILES string of the molecule is COc1cccc(/C=N\Nc2nncn2/N=C\c2cccc(OC)c2O)c1O. The van der Waals surface area contributed by atoms with E-state index in [4.69, 9.17) is 9.47 Å². The number of hydrogen-bond acceptors (Lipinski definition) is 9. The number of phenolic OH excluding ortho intramolecular Hbond substituents is 2. The summed E-state index contributed by atoms with van der Waals surface area (Å²) in [5, 5.41) is 36.0. The number of hydrazone groups is 1. The Kier molecular flexibility index (Phi) is 5.70. The molecule has 0 aliphatic heterocycles. The average molecular weight is 382 g/mol. The first-order chi connectivity index (χ1) is 13.6. The van der Waals surface area contributed by atoms with Gasteiger partial charge < -0.3 is 19.7 Å². The molecular weight excluding hydrogens is 364 g/mol. The summed E-state index contributed by atoms with van der Waals surface area (Å²) in [6, 6.07) is 10.1. The van der Waals surface area contributed by atoms with Crippen LogP contribution in [0.25, 0.3) is 0 Å². The van der Waals surface area contributed by atoms with Gasteiger partial charge in [-0.3, -0.25) is 0 Å². The van der Waals surface area contributed by atoms with E-state index in [0.717, 1.165) is 0 Å². The van der Waals surface area contributed by atoms with Crippen molar-refractivity contribution >= 4 is 18.4 Å². The van der Waals surface area contributed by atoms with Gasteiger partial charge in [-0.1, -0.05) is 12.1 Å².